The first-order valence-electron chi connectivity index (χ1n) is 6.01. The van der Waals surface area contributed by atoms with E-state index in [1.54, 1.807) is 0 Å². The molecule has 0 aromatic heterocycles. The van der Waals surface area contributed by atoms with Gasteiger partial charge in [-0.2, -0.15) is 13.2 Å². The second-order valence-electron chi connectivity index (χ2n) is 4.84. The van der Waals surface area contributed by atoms with Gasteiger partial charge in [0.15, 0.2) is 5.78 Å². The molecule has 2 nitrogen and oxygen atoms in total. The second-order valence-corrected chi connectivity index (χ2v) is 4.84. The number of ketones is 1. The lowest BCUT2D eigenvalue weighted by Gasteiger charge is -2.29. The summed E-state index contributed by atoms with van der Waals surface area (Å²) in [5.41, 5.74) is -2.71. The fourth-order valence-corrected chi connectivity index (χ4v) is 2.34. The van der Waals surface area contributed by atoms with Gasteiger partial charge in [0.25, 0.3) is 0 Å². The number of alkyl halides is 3. The van der Waals surface area contributed by atoms with Crippen LogP contribution in [0.4, 0.5) is 22.0 Å². The molecule has 2 rings (SSSR count). The summed E-state index contributed by atoms with van der Waals surface area (Å²) < 4.78 is 65.5. The Bertz CT molecular complexity index is 520. The third-order valence-corrected chi connectivity index (χ3v) is 3.60. The molecule has 1 aromatic rings. The monoisotopic (exact) mass is 293 g/mol. The number of rotatable bonds is 3. The zero-order valence-electron chi connectivity index (χ0n) is 10.4. The van der Waals surface area contributed by atoms with E-state index in [1.807, 2.05) is 0 Å². The summed E-state index contributed by atoms with van der Waals surface area (Å²) in [6.07, 6.45) is -5.75. The van der Waals surface area contributed by atoms with Crippen LogP contribution in [0.25, 0.3) is 0 Å². The van der Waals surface area contributed by atoms with Gasteiger partial charge in [0.1, 0.15) is 17.0 Å². The Morgan fingerprint density at radius 2 is 2.00 bits per heavy atom. The minimum absolute atomic E-state index is 0.0805. The minimum atomic E-state index is -4.69. The molecular weight excluding hydrogens is 281 g/mol. The first-order valence-corrected chi connectivity index (χ1v) is 6.01. The molecule has 0 aliphatic carbocycles. The SMILES string of the molecule is O=C(Cc1ccc(F)cc1F)C1(C(F)(F)F)CCNC1. The van der Waals surface area contributed by atoms with Crippen LogP contribution in [0.3, 0.4) is 0 Å². The molecule has 1 N–H and O–H groups in total. The molecule has 0 spiro atoms. The van der Waals surface area contributed by atoms with Gasteiger partial charge in [-0.05, 0) is 24.6 Å². The molecule has 0 saturated carbocycles. The molecule has 0 radical (unpaired) electrons. The normalized spacial score (nSPS) is 23.1. The number of hydrogen-bond donors (Lipinski definition) is 1. The molecule has 0 bridgehead atoms. The van der Waals surface area contributed by atoms with Gasteiger partial charge in [0, 0.05) is 19.0 Å². The molecule has 1 aromatic carbocycles. The van der Waals surface area contributed by atoms with E-state index in [9.17, 15) is 26.7 Å². The Balaban J connectivity index is 2.26. The summed E-state index contributed by atoms with van der Waals surface area (Å²) in [5.74, 6) is -2.95. The van der Waals surface area contributed by atoms with Crippen LogP contribution < -0.4 is 5.32 Å². The maximum absolute atomic E-state index is 13.4. The molecule has 1 saturated heterocycles. The van der Waals surface area contributed by atoms with Crippen LogP contribution in [0, 0.1) is 17.0 Å². The Kier molecular flexibility index (Phi) is 3.82. The van der Waals surface area contributed by atoms with E-state index in [1.165, 1.54) is 0 Å². The van der Waals surface area contributed by atoms with Crippen LogP contribution in [-0.2, 0) is 11.2 Å². The van der Waals surface area contributed by atoms with Crippen LogP contribution in [0.1, 0.15) is 12.0 Å². The molecular formula is C13H12F5NO. The lowest BCUT2D eigenvalue weighted by molar-refractivity contribution is -0.214. The average molecular weight is 293 g/mol. The lowest BCUT2D eigenvalue weighted by atomic mass is 9.79. The number of carbonyl (C=O) groups excluding carboxylic acids is 1. The van der Waals surface area contributed by atoms with Crippen molar-refractivity contribution in [3.8, 4) is 0 Å². The summed E-state index contributed by atoms with van der Waals surface area (Å²) in [5, 5.41) is 2.52. The van der Waals surface area contributed by atoms with Crippen LogP contribution in [0.2, 0.25) is 0 Å². The number of Topliss-reactive ketones (excluding diaryl/α,β-unsaturated/α-hetero) is 1. The zero-order chi connectivity index (χ0) is 15.0. The van der Waals surface area contributed by atoms with Crippen molar-refractivity contribution in [3.05, 3.63) is 35.4 Å². The van der Waals surface area contributed by atoms with Crippen molar-refractivity contribution in [2.24, 2.45) is 5.41 Å². The van der Waals surface area contributed by atoms with Crippen molar-refractivity contribution in [3.63, 3.8) is 0 Å². The van der Waals surface area contributed by atoms with Gasteiger partial charge in [-0.1, -0.05) is 6.07 Å². The van der Waals surface area contributed by atoms with Crippen LogP contribution >= 0.6 is 0 Å². The first-order chi connectivity index (χ1) is 9.26. The molecule has 20 heavy (non-hydrogen) atoms. The number of carbonyl (C=O) groups is 1. The maximum Gasteiger partial charge on any atom is 0.402 e. The fraction of sp³-hybridized carbons (Fsp3) is 0.462. The predicted molar refractivity (Wildman–Crippen MR) is 61.0 cm³/mol. The minimum Gasteiger partial charge on any atom is -0.315 e. The van der Waals surface area contributed by atoms with Crippen molar-refractivity contribution in [2.75, 3.05) is 13.1 Å². The quantitative estimate of drug-likeness (QED) is 0.868. The number of halogens is 5. The molecule has 1 unspecified atom stereocenters. The van der Waals surface area contributed by atoms with Gasteiger partial charge in [0.2, 0.25) is 0 Å². The van der Waals surface area contributed by atoms with E-state index in [0.29, 0.717) is 6.07 Å². The summed E-state index contributed by atoms with van der Waals surface area (Å²) in [6, 6.07) is 2.46. The average Bonchev–Trinajstić information content (AvgIpc) is 2.82. The topological polar surface area (TPSA) is 29.1 Å². The summed E-state index contributed by atoms with van der Waals surface area (Å²) in [7, 11) is 0. The molecule has 7 heteroatoms. The van der Waals surface area contributed by atoms with E-state index >= 15 is 0 Å². The van der Waals surface area contributed by atoms with Crippen LogP contribution in [0.15, 0.2) is 18.2 Å². The molecule has 1 fully saturated rings. The van der Waals surface area contributed by atoms with Crippen molar-refractivity contribution in [2.45, 2.75) is 19.0 Å². The van der Waals surface area contributed by atoms with Gasteiger partial charge in [-0.25, -0.2) is 8.78 Å². The highest BCUT2D eigenvalue weighted by Crippen LogP contribution is 2.44. The molecule has 1 heterocycles. The van der Waals surface area contributed by atoms with Gasteiger partial charge in [0.05, 0.1) is 0 Å². The van der Waals surface area contributed by atoms with E-state index in [2.05, 4.69) is 5.32 Å². The summed E-state index contributed by atoms with van der Waals surface area (Å²) in [6.45, 7) is -0.421. The van der Waals surface area contributed by atoms with Gasteiger partial charge < -0.3 is 5.32 Å². The van der Waals surface area contributed by atoms with Crippen LogP contribution in [0.5, 0.6) is 0 Å². The molecule has 110 valence electrons. The van der Waals surface area contributed by atoms with E-state index in [4.69, 9.17) is 0 Å². The standard InChI is InChI=1S/C13H12F5NO/c14-9-2-1-8(10(15)6-9)5-11(20)12(13(16,17)18)3-4-19-7-12/h1-2,6,19H,3-5,7H2. The van der Waals surface area contributed by atoms with E-state index < -0.39 is 42.0 Å². The highest BCUT2D eigenvalue weighted by Gasteiger charge is 2.60. The summed E-state index contributed by atoms with van der Waals surface area (Å²) in [4.78, 5) is 12.0. The Morgan fingerprint density at radius 3 is 2.50 bits per heavy atom. The Labute approximate surface area is 112 Å². The van der Waals surface area contributed by atoms with Crippen LogP contribution in [-0.4, -0.2) is 25.0 Å². The van der Waals surface area contributed by atoms with Crippen molar-refractivity contribution < 1.29 is 26.7 Å². The van der Waals surface area contributed by atoms with Crippen molar-refractivity contribution >= 4 is 5.78 Å². The Morgan fingerprint density at radius 1 is 1.30 bits per heavy atom. The summed E-state index contributed by atoms with van der Waals surface area (Å²) >= 11 is 0. The molecule has 0 amide bonds. The lowest BCUT2D eigenvalue weighted by Crippen LogP contribution is -2.47. The largest absolute Gasteiger partial charge is 0.402 e. The maximum atomic E-state index is 13.4. The third-order valence-electron chi connectivity index (χ3n) is 3.60. The van der Waals surface area contributed by atoms with E-state index in [-0.39, 0.29) is 18.5 Å². The highest BCUT2D eigenvalue weighted by molar-refractivity contribution is 5.88. The van der Waals surface area contributed by atoms with E-state index in [0.717, 1.165) is 12.1 Å². The highest BCUT2D eigenvalue weighted by atomic mass is 19.4. The molecule has 1 aliphatic heterocycles. The molecule has 1 aliphatic rings. The fourth-order valence-electron chi connectivity index (χ4n) is 2.34. The first kappa shape index (κ1) is 14.9. The number of hydrogen-bond acceptors (Lipinski definition) is 2. The third kappa shape index (κ3) is 2.54. The molecule has 1 atom stereocenters. The smallest absolute Gasteiger partial charge is 0.315 e. The number of benzene rings is 1. The van der Waals surface area contributed by atoms with Gasteiger partial charge >= 0.3 is 6.18 Å². The predicted octanol–water partition coefficient (Wildman–Crippen LogP) is 2.62. The zero-order valence-corrected chi connectivity index (χ0v) is 10.4. The van der Waals surface area contributed by atoms with Gasteiger partial charge in [-0.15, -0.1) is 0 Å². The van der Waals surface area contributed by atoms with Gasteiger partial charge in [-0.3, -0.25) is 4.79 Å². The Hall–Kier alpha value is -1.50. The van der Waals surface area contributed by atoms with Crippen molar-refractivity contribution in [1.82, 2.24) is 5.32 Å². The number of nitrogens with one attached hydrogen (secondary N) is 1. The van der Waals surface area contributed by atoms with Crippen molar-refractivity contribution in [1.29, 1.82) is 0 Å². The second kappa shape index (κ2) is 5.12.